The summed E-state index contributed by atoms with van der Waals surface area (Å²) in [6, 6.07) is 0. The first kappa shape index (κ1) is 13.0. The lowest BCUT2D eigenvalue weighted by molar-refractivity contribution is -0.199. The van der Waals surface area contributed by atoms with E-state index < -0.39 is 5.79 Å². The molecule has 1 saturated carbocycles. The highest BCUT2D eigenvalue weighted by atomic mass is 16.8. The van der Waals surface area contributed by atoms with Gasteiger partial charge in [-0.1, -0.05) is 0 Å². The highest BCUT2D eigenvalue weighted by molar-refractivity contribution is 5.86. The topological polar surface area (TPSA) is 54.0 Å². The van der Waals surface area contributed by atoms with Crippen LogP contribution in [0.2, 0.25) is 0 Å². The van der Waals surface area contributed by atoms with E-state index in [0.717, 1.165) is 12.8 Å². The van der Waals surface area contributed by atoms with Crippen molar-refractivity contribution in [2.75, 3.05) is 27.4 Å². The van der Waals surface area contributed by atoms with Crippen LogP contribution in [0.3, 0.4) is 0 Å². The van der Waals surface area contributed by atoms with Gasteiger partial charge in [-0.2, -0.15) is 0 Å². The summed E-state index contributed by atoms with van der Waals surface area (Å²) in [5, 5.41) is 0. The van der Waals surface area contributed by atoms with Crippen molar-refractivity contribution in [1.29, 1.82) is 0 Å². The third-order valence-corrected chi connectivity index (χ3v) is 3.34. The zero-order valence-corrected chi connectivity index (χ0v) is 10.4. The van der Waals surface area contributed by atoms with Crippen molar-refractivity contribution in [2.45, 2.75) is 43.7 Å². The molecule has 2 fully saturated rings. The molecule has 5 heteroatoms. The summed E-state index contributed by atoms with van der Waals surface area (Å²) in [5.41, 5.74) is 0. The largest absolute Gasteiger partial charge is 0.382 e. The van der Waals surface area contributed by atoms with Crippen LogP contribution in [-0.4, -0.2) is 51.2 Å². The molecule has 5 nitrogen and oxygen atoms in total. The first-order valence-electron chi connectivity index (χ1n) is 6.08. The Morgan fingerprint density at radius 1 is 1.18 bits per heavy atom. The number of ether oxygens (including phenoxy) is 4. The molecule has 1 saturated heterocycles. The van der Waals surface area contributed by atoms with E-state index in [1.54, 1.807) is 14.2 Å². The van der Waals surface area contributed by atoms with E-state index in [0.29, 0.717) is 26.1 Å². The van der Waals surface area contributed by atoms with Gasteiger partial charge in [-0.3, -0.25) is 4.79 Å². The molecule has 2 rings (SSSR count). The number of hydrogen-bond donors (Lipinski definition) is 0. The molecule has 2 atom stereocenters. The Labute approximate surface area is 101 Å². The average molecular weight is 244 g/mol. The minimum atomic E-state index is -1.02. The van der Waals surface area contributed by atoms with E-state index in [1.807, 2.05) is 0 Å². The number of Topliss-reactive ketones (excluding diaryl/α,β-unsaturated/α-hetero) is 1. The molecule has 1 aliphatic carbocycles. The molecular formula is C12H20O5. The molecule has 0 unspecified atom stereocenters. The van der Waals surface area contributed by atoms with E-state index in [2.05, 4.69) is 0 Å². The van der Waals surface area contributed by atoms with Gasteiger partial charge in [0.25, 0.3) is 0 Å². The molecule has 17 heavy (non-hydrogen) atoms. The van der Waals surface area contributed by atoms with Gasteiger partial charge in [0.05, 0.1) is 13.2 Å². The lowest BCUT2D eigenvalue weighted by Gasteiger charge is -2.30. The van der Waals surface area contributed by atoms with Gasteiger partial charge in [0.15, 0.2) is 5.78 Å². The maximum atomic E-state index is 12.0. The van der Waals surface area contributed by atoms with E-state index in [-0.39, 0.29) is 18.0 Å². The average Bonchev–Trinajstić information content (AvgIpc) is 2.64. The smallest absolute Gasteiger partial charge is 0.229 e. The van der Waals surface area contributed by atoms with E-state index in [4.69, 9.17) is 18.9 Å². The van der Waals surface area contributed by atoms with E-state index in [9.17, 15) is 4.79 Å². The molecule has 0 aromatic heterocycles. The van der Waals surface area contributed by atoms with Crippen LogP contribution in [0, 0.1) is 0 Å². The Morgan fingerprint density at radius 3 is 2.24 bits per heavy atom. The van der Waals surface area contributed by atoms with Gasteiger partial charge in [-0.05, 0) is 12.8 Å². The highest BCUT2D eigenvalue weighted by Gasteiger charge is 2.53. The van der Waals surface area contributed by atoms with Gasteiger partial charge < -0.3 is 18.9 Å². The maximum absolute atomic E-state index is 12.0. The Kier molecular flexibility index (Phi) is 4.14. The molecule has 1 heterocycles. The first-order valence-corrected chi connectivity index (χ1v) is 6.08. The summed E-state index contributed by atoms with van der Waals surface area (Å²) >= 11 is 0. The normalized spacial score (nSPS) is 32.2. The van der Waals surface area contributed by atoms with E-state index in [1.165, 1.54) is 0 Å². The minimum absolute atomic E-state index is 0.0588. The second-order valence-corrected chi connectivity index (χ2v) is 4.61. The second-order valence-electron chi connectivity index (χ2n) is 4.61. The van der Waals surface area contributed by atoms with Crippen LogP contribution in [0.1, 0.15) is 25.7 Å². The fraction of sp³-hybridized carbons (Fsp3) is 0.917. The monoisotopic (exact) mass is 244 g/mol. The van der Waals surface area contributed by atoms with Crippen LogP contribution in [0.5, 0.6) is 0 Å². The summed E-state index contributed by atoms with van der Waals surface area (Å²) in [6.07, 6.45) is 2.64. The van der Waals surface area contributed by atoms with Crippen molar-refractivity contribution < 1.29 is 23.7 Å². The molecule has 1 aliphatic heterocycles. The van der Waals surface area contributed by atoms with Crippen LogP contribution < -0.4 is 0 Å². The van der Waals surface area contributed by atoms with Gasteiger partial charge in [-0.25, -0.2) is 0 Å². The van der Waals surface area contributed by atoms with Gasteiger partial charge in [0, 0.05) is 27.1 Å². The lowest BCUT2D eigenvalue weighted by atomic mass is 9.93. The fourth-order valence-electron chi connectivity index (χ4n) is 2.50. The van der Waals surface area contributed by atoms with Gasteiger partial charge in [0.1, 0.15) is 12.2 Å². The highest BCUT2D eigenvalue weighted by Crippen LogP contribution is 2.38. The SMILES string of the molecule is COC[C@@H]1OC2(CCCCC2=O)O[C@H]1COC. The molecule has 0 bridgehead atoms. The van der Waals surface area contributed by atoms with Crippen molar-refractivity contribution in [3.8, 4) is 0 Å². The number of methoxy groups -OCH3 is 2. The molecule has 98 valence electrons. The van der Waals surface area contributed by atoms with Crippen LogP contribution >= 0.6 is 0 Å². The molecule has 0 amide bonds. The van der Waals surface area contributed by atoms with E-state index >= 15 is 0 Å². The third kappa shape index (κ3) is 2.52. The van der Waals surface area contributed by atoms with Crippen LogP contribution in [-0.2, 0) is 23.7 Å². The Morgan fingerprint density at radius 2 is 1.76 bits per heavy atom. The Hall–Kier alpha value is -0.490. The quantitative estimate of drug-likeness (QED) is 0.735. The molecule has 2 aliphatic rings. The lowest BCUT2D eigenvalue weighted by Crippen LogP contribution is -2.43. The Bertz CT molecular complexity index is 264. The summed E-state index contributed by atoms with van der Waals surface area (Å²) < 4.78 is 21.9. The molecule has 0 N–H and O–H groups in total. The van der Waals surface area contributed by atoms with Gasteiger partial charge >= 0.3 is 0 Å². The van der Waals surface area contributed by atoms with Crippen molar-refractivity contribution in [2.24, 2.45) is 0 Å². The zero-order valence-electron chi connectivity index (χ0n) is 10.4. The molecule has 0 radical (unpaired) electrons. The van der Waals surface area contributed by atoms with Crippen LogP contribution in [0.4, 0.5) is 0 Å². The van der Waals surface area contributed by atoms with Crippen molar-refractivity contribution in [1.82, 2.24) is 0 Å². The number of rotatable bonds is 4. The Balaban J connectivity index is 2.08. The van der Waals surface area contributed by atoms with Crippen molar-refractivity contribution in [3.63, 3.8) is 0 Å². The molecule has 1 spiro atoms. The predicted octanol–water partition coefficient (Wildman–Crippen LogP) is 0.903. The standard InChI is InChI=1S/C12H20O5/c1-14-7-9-10(8-15-2)17-12(16-9)6-4-3-5-11(12)13/h9-10H,3-8H2,1-2H3/t9-,10-/m0/s1. The summed E-state index contributed by atoms with van der Waals surface area (Å²) in [6.45, 7) is 0.839. The zero-order chi connectivity index (χ0) is 12.3. The van der Waals surface area contributed by atoms with Gasteiger partial charge in [-0.15, -0.1) is 0 Å². The third-order valence-electron chi connectivity index (χ3n) is 3.34. The molecule has 0 aromatic carbocycles. The van der Waals surface area contributed by atoms with Crippen LogP contribution in [0.15, 0.2) is 0 Å². The second kappa shape index (κ2) is 5.44. The maximum Gasteiger partial charge on any atom is 0.229 e. The van der Waals surface area contributed by atoms with Crippen LogP contribution in [0.25, 0.3) is 0 Å². The summed E-state index contributed by atoms with van der Waals surface area (Å²) in [4.78, 5) is 12.0. The fourth-order valence-corrected chi connectivity index (χ4v) is 2.50. The number of hydrogen-bond acceptors (Lipinski definition) is 5. The predicted molar refractivity (Wildman–Crippen MR) is 59.7 cm³/mol. The summed E-state index contributed by atoms with van der Waals surface area (Å²) in [5.74, 6) is -0.964. The number of ketones is 1. The number of carbonyl (C=O) groups is 1. The number of carbonyl (C=O) groups excluding carboxylic acids is 1. The summed E-state index contributed by atoms with van der Waals surface area (Å²) in [7, 11) is 3.22. The molecular weight excluding hydrogens is 224 g/mol. The minimum Gasteiger partial charge on any atom is -0.382 e. The van der Waals surface area contributed by atoms with Crippen molar-refractivity contribution >= 4 is 5.78 Å². The van der Waals surface area contributed by atoms with Gasteiger partial charge in [0.2, 0.25) is 5.79 Å². The first-order chi connectivity index (χ1) is 8.22. The molecule has 0 aromatic rings. The van der Waals surface area contributed by atoms with Crippen molar-refractivity contribution in [3.05, 3.63) is 0 Å².